The summed E-state index contributed by atoms with van der Waals surface area (Å²) >= 11 is 2.87. The lowest BCUT2D eigenvalue weighted by Crippen LogP contribution is -2.18. The summed E-state index contributed by atoms with van der Waals surface area (Å²) in [4.78, 5) is 3.63. The first-order chi connectivity index (χ1) is 6.44. The molecule has 0 unspecified atom stereocenters. The Hall–Kier alpha value is -0.980. The number of alkyl halides is 3. The predicted molar refractivity (Wildman–Crippen MR) is 45.2 cm³/mol. The Morgan fingerprint density at radius 2 is 2.00 bits per heavy atom. The van der Waals surface area contributed by atoms with E-state index < -0.39 is 12.1 Å². The van der Waals surface area contributed by atoms with Gasteiger partial charge in [-0.1, -0.05) is 0 Å². The van der Waals surface area contributed by atoms with Crippen LogP contribution in [-0.2, 0) is 0 Å². The highest BCUT2D eigenvalue weighted by Crippen LogP contribution is 2.37. The van der Waals surface area contributed by atoms with Crippen LogP contribution in [-0.4, -0.2) is 18.5 Å². The summed E-state index contributed by atoms with van der Waals surface area (Å²) in [5.41, 5.74) is 0. The van der Waals surface area contributed by atoms with Crippen LogP contribution in [0.4, 0.5) is 13.2 Å². The molecule has 1 aromatic rings. The number of methoxy groups -OCH3 is 1. The Morgan fingerprint density at radius 1 is 1.36 bits per heavy atom. The quantitative estimate of drug-likeness (QED) is 0.829. The van der Waals surface area contributed by atoms with Gasteiger partial charge in [-0.15, -0.1) is 13.2 Å². The molecular weight excluding hydrogens is 267 g/mol. The normalized spacial score (nSPS) is 11.2. The van der Waals surface area contributed by atoms with Gasteiger partial charge in [-0.3, -0.25) is 4.98 Å². The van der Waals surface area contributed by atoms with Gasteiger partial charge in [-0.2, -0.15) is 0 Å². The van der Waals surface area contributed by atoms with Crippen LogP contribution < -0.4 is 9.47 Å². The lowest BCUT2D eigenvalue weighted by molar-refractivity contribution is -0.275. The Kier molecular flexibility index (Phi) is 3.20. The van der Waals surface area contributed by atoms with Gasteiger partial charge >= 0.3 is 6.36 Å². The molecule has 1 heterocycles. The molecule has 1 aromatic heterocycles. The molecule has 3 nitrogen and oxygen atoms in total. The second-order valence-corrected chi connectivity index (χ2v) is 3.05. The molecule has 0 saturated heterocycles. The van der Waals surface area contributed by atoms with Gasteiger partial charge < -0.3 is 9.47 Å². The van der Waals surface area contributed by atoms with Crippen LogP contribution in [0.3, 0.4) is 0 Å². The summed E-state index contributed by atoms with van der Waals surface area (Å²) in [5.74, 6) is -0.522. The van der Waals surface area contributed by atoms with Crippen LogP contribution in [0.1, 0.15) is 0 Å². The molecule has 0 radical (unpaired) electrons. The van der Waals surface area contributed by atoms with Crippen molar-refractivity contribution in [2.24, 2.45) is 0 Å². The molecular formula is C7H5BrF3NO2. The van der Waals surface area contributed by atoms with Gasteiger partial charge in [0.1, 0.15) is 0 Å². The van der Waals surface area contributed by atoms with Crippen molar-refractivity contribution in [3.63, 3.8) is 0 Å². The number of pyridine rings is 1. The zero-order valence-electron chi connectivity index (χ0n) is 6.93. The minimum absolute atomic E-state index is 0.0779. The van der Waals surface area contributed by atoms with Crippen molar-refractivity contribution in [1.29, 1.82) is 0 Å². The fourth-order valence-electron chi connectivity index (χ4n) is 0.766. The number of rotatable bonds is 2. The lowest BCUT2D eigenvalue weighted by atomic mass is 10.4. The largest absolute Gasteiger partial charge is 0.573 e. The van der Waals surface area contributed by atoms with E-state index in [2.05, 4.69) is 30.4 Å². The monoisotopic (exact) mass is 271 g/mol. The molecule has 0 bridgehead atoms. The van der Waals surface area contributed by atoms with Crippen molar-refractivity contribution >= 4 is 15.9 Å². The van der Waals surface area contributed by atoms with Crippen LogP contribution in [0.2, 0.25) is 0 Å². The standard InChI is InChI=1S/C7H5BrF3NO2/c1-13-5-3-12-2-4(8)6(5)14-7(9,10)11/h2-3H,1H3. The average molecular weight is 272 g/mol. The molecule has 0 saturated carbocycles. The summed E-state index contributed by atoms with van der Waals surface area (Å²) in [6.45, 7) is 0. The van der Waals surface area contributed by atoms with E-state index in [0.717, 1.165) is 6.20 Å². The van der Waals surface area contributed by atoms with Crippen LogP contribution in [0.25, 0.3) is 0 Å². The molecule has 14 heavy (non-hydrogen) atoms. The van der Waals surface area contributed by atoms with Crippen molar-refractivity contribution in [3.8, 4) is 11.5 Å². The number of halogens is 4. The number of hydrogen-bond acceptors (Lipinski definition) is 3. The lowest BCUT2D eigenvalue weighted by Gasteiger charge is -2.12. The molecule has 0 fully saturated rings. The van der Waals surface area contributed by atoms with Crippen molar-refractivity contribution in [2.45, 2.75) is 6.36 Å². The molecule has 1 rings (SSSR count). The zero-order valence-corrected chi connectivity index (χ0v) is 8.52. The first kappa shape index (κ1) is 11.1. The van der Waals surface area contributed by atoms with Crippen molar-refractivity contribution in [2.75, 3.05) is 7.11 Å². The summed E-state index contributed by atoms with van der Waals surface area (Å²) in [7, 11) is 1.23. The summed E-state index contributed by atoms with van der Waals surface area (Å²) in [6.07, 6.45) is -2.44. The first-order valence-corrected chi connectivity index (χ1v) is 4.16. The van der Waals surface area contributed by atoms with Gasteiger partial charge in [-0.05, 0) is 15.9 Å². The number of ether oxygens (including phenoxy) is 2. The van der Waals surface area contributed by atoms with E-state index >= 15 is 0 Å². The number of hydrogen-bond donors (Lipinski definition) is 0. The van der Waals surface area contributed by atoms with Crippen LogP contribution in [0, 0.1) is 0 Å². The third-order valence-corrected chi connectivity index (χ3v) is 1.82. The van der Waals surface area contributed by atoms with E-state index in [4.69, 9.17) is 0 Å². The molecule has 0 N–H and O–H groups in total. The Balaban J connectivity index is 3.05. The fraction of sp³-hybridized carbons (Fsp3) is 0.286. The van der Waals surface area contributed by atoms with E-state index in [9.17, 15) is 13.2 Å². The van der Waals surface area contributed by atoms with Crippen molar-refractivity contribution in [1.82, 2.24) is 4.98 Å². The van der Waals surface area contributed by atoms with E-state index in [0.29, 0.717) is 0 Å². The maximum Gasteiger partial charge on any atom is 0.573 e. The molecule has 0 aliphatic rings. The van der Waals surface area contributed by atoms with E-state index in [1.54, 1.807) is 0 Å². The third-order valence-electron chi connectivity index (χ3n) is 1.26. The molecule has 0 amide bonds. The summed E-state index contributed by atoms with van der Waals surface area (Å²) in [6, 6.07) is 0. The zero-order chi connectivity index (χ0) is 10.8. The molecule has 78 valence electrons. The second kappa shape index (κ2) is 4.04. The number of nitrogens with zero attached hydrogens (tertiary/aromatic N) is 1. The Bertz CT molecular complexity index is 329. The minimum Gasteiger partial charge on any atom is -0.491 e. The van der Waals surface area contributed by atoms with Gasteiger partial charge in [-0.25, -0.2) is 0 Å². The first-order valence-electron chi connectivity index (χ1n) is 3.37. The maximum atomic E-state index is 11.9. The van der Waals surface area contributed by atoms with E-state index in [1.165, 1.54) is 13.3 Å². The highest BCUT2D eigenvalue weighted by atomic mass is 79.9. The summed E-state index contributed by atoms with van der Waals surface area (Å²) in [5, 5.41) is 0. The van der Waals surface area contributed by atoms with Crippen LogP contribution >= 0.6 is 15.9 Å². The smallest absolute Gasteiger partial charge is 0.491 e. The summed E-state index contributed by atoms with van der Waals surface area (Å²) < 4.78 is 44.2. The molecule has 0 aromatic carbocycles. The molecule has 0 aliphatic carbocycles. The van der Waals surface area contributed by atoms with Gasteiger partial charge in [0.05, 0.1) is 17.8 Å². The highest BCUT2D eigenvalue weighted by molar-refractivity contribution is 9.10. The third kappa shape index (κ3) is 2.76. The molecule has 0 spiro atoms. The van der Waals surface area contributed by atoms with Gasteiger partial charge in [0, 0.05) is 6.20 Å². The van der Waals surface area contributed by atoms with Gasteiger partial charge in [0.25, 0.3) is 0 Å². The molecule has 0 aliphatic heterocycles. The minimum atomic E-state index is -4.75. The van der Waals surface area contributed by atoms with E-state index in [1.807, 2.05) is 0 Å². The molecule has 0 atom stereocenters. The maximum absolute atomic E-state index is 11.9. The predicted octanol–water partition coefficient (Wildman–Crippen LogP) is 2.75. The second-order valence-electron chi connectivity index (χ2n) is 2.20. The topological polar surface area (TPSA) is 31.4 Å². The highest BCUT2D eigenvalue weighted by Gasteiger charge is 2.33. The molecule has 7 heteroatoms. The fourth-order valence-corrected chi connectivity index (χ4v) is 1.16. The Labute approximate surface area is 86.0 Å². The van der Waals surface area contributed by atoms with Gasteiger partial charge in [0.15, 0.2) is 11.5 Å². The van der Waals surface area contributed by atoms with Crippen LogP contribution in [0.15, 0.2) is 16.9 Å². The van der Waals surface area contributed by atoms with Gasteiger partial charge in [0.2, 0.25) is 0 Å². The Morgan fingerprint density at radius 3 is 2.50 bits per heavy atom. The van der Waals surface area contributed by atoms with E-state index in [-0.39, 0.29) is 10.2 Å². The van der Waals surface area contributed by atoms with Crippen LogP contribution in [0.5, 0.6) is 11.5 Å². The van der Waals surface area contributed by atoms with Crippen molar-refractivity contribution < 1.29 is 22.6 Å². The average Bonchev–Trinajstić information content (AvgIpc) is 2.06. The number of aromatic nitrogens is 1. The van der Waals surface area contributed by atoms with Crippen molar-refractivity contribution in [3.05, 3.63) is 16.9 Å². The SMILES string of the molecule is COc1cncc(Br)c1OC(F)(F)F.